The van der Waals surface area contributed by atoms with Crippen LogP contribution in [0.4, 0.5) is 5.13 Å². The van der Waals surface area contributed by atoms with E-state index in [9.17, 15) is 0 Å². The summed E-state index contributed by atoms with van der Waals surface area (Å²) in [5.41, 5.74) is 0.932. The highest BCUT2D eigenvalue weighted by atomic mass is 32.1. The molecule has 2 heterocycles. The fourth-order valence-electron chi connectivity index (χ4n) is 1.55. The van der Waals surface area contributed by atoms with E-state index in [4.69, 9.17) is 0 Å². The first-order valence-corrected chi connectivity index (χ1v) is 7.64. The number of aromatic nitrogens is 3. The molecular weight excluding hydrogens is 266 g/mol. The predicted octanol–water partition coefficient (Wildman–Crippen LogP) is 2.55. The van der Waals surface area contributed by atoms with Gasteiger partial charge in [-0.1, -0.05) is 25.2 Å². The molecule has 5 nitrogen and oxygen atoms in total. The van der Waals surface area contributed by atoms with Crippen LogP contribution in [0.15, 0.2) is 5.38 Å². The first kappa shape index (κ1) is 13.4. The molecule has 0 unspecified atom stereocenters. The third-order valence-electron chi connectivity index (χ3n) is 2.66. The Labute approximate surface area is 115 Å². The fraction of sp³-hybridized carbons (Fsp3) is 0.545. The summed E-state index contributed by atoms with van der Waals surface area (Å²) in [6, 6.07) is 0. The minimum atomic E-state index is 0.822. The SMILES string of the molecule is CCN(CC)Cc1nc(-c2nnc(NC)s2)cs1. The molecule has 2 aromatic rings. The molecule has 0 spiro atoms. The van der Waals surface area contributed by atoms with Gasteiger partial charge in [0.2, 0.25) is 5.13 Å². The third kappa shape index (κ3) is 3.04. The van der Waals surface area contributed by atoms with Gasteiger partial charge in [-0.05, 0) is 13.1 Å². The molecule has 0 radical (unpaired) electrons. The van der Waals surface area contributed by atoms with Crippen LogP contribution < -0.4 is 5.32 Å². The fourth-order valence-corrected chi connectivity index (χ4v) is 3.10. The summed E-state index contributed by atoms with van der Waals surface area (Å²) in [5, 5.41) is 16.0. The summed E-state index contributed by atoms with van der Waals surface area (Å²) in [5.74, 6) is 0. The van der Waals surface area contributed by atoms with Crippen LogP contribution in [0.25, 0.3) is 10.7 Å². The molecule has 2 aromatic heterocycles. The Morgan fingerprint density at radius 1 is 1.28 bits per heavy atom. The van der Waals surface area contributed by atoms with E-state index in [1.807, 2.05) is 7.05 Å². The highest BCUT2D eigenvalue weighted by Crippen LogP contribution is 2.27. The summed E-state index contributed by atoms with van der Waals surface area (Å²) in [6.07, 6.45) is 0. The maximum absolute atomic E-state index is 4.62. The van der Waals surface area contributed by atoms with Gasteiger partial charge in [-0.2, -0.15) is 0 Å². The van der Waals surface area contributed by atoms with Gasteiger partial charge in [0.1, 0.15) is 10.7 Å². The lowest BCUT2D eigenvalue weighted by molar-refractivity contribution is 0.295. The highest BCUT2D eigenvalue weighted by Gasteiger charge is 2.11. The van der Waals surface area contributed by atoms with E-state index in [2.05, 4.69) is 44.6 Å². The van der Waals surface area contributed by atoms with Gasteiger partial charge >= 0.3 is 0 Å². The lowest BCUT2D eigenvalue weighted by Crippen LogP contribution is -2.21. The van der Waals surface area contributed by atoms with Crippen LogP contribution >= 0.6 is 22.7 Å². The van der Waals surface area contributed by atoms with Crippen molar-refractivity contribution >= 4 is 27.8 Å². The first-order chi connectivity index (χ1) is 8.76. The van der Waals surface area contributed by atoms with Gasteiger partial charge in [-0.3, -0.25) is 4.90 Å². The molecule has 1 N–H and O–H groups in total. The summed E-state index contributed by atoms with van der Waals surface area (Å²) in [4.78, 5) is 6.97. The summed E-state index contributed by atoms with van der Waals surface area (Å²) in [7, 11) is 1.84. The van der Waals surface area contributed by atoms with Crippen molar-refractivity contribution in [1.29, 1.82) is 0 Å². The third-order valence-corrected chi connectivity index (χ3v) is 4.46. The van der Waals surface area contributed by atoms with Gasteiger partial charge in [0.05, 0.1) is 6.54 Å². The molecule has 0 fully saturated rings. The van der Waals surface area contributed by atoms with Gasteiger partial charge < -0.3 is 5.32 Å². The Morgan fingerprint density at radius 2 is 2.06 bits per heavy atom. The van der Waals surface area contributed by atoms with Crippen LogP contribution in [0.2, 0.25) is 0 Å². The van der Waals surface area contributed by atoms with Crippen molar-refractivity contribution in [2.75, 3.05) is 25.5 Å². The lowest BCUT2D eigenvalue weighted by Gasteiger charge is -2.15. The van der Waals surface area contributed by atoms with Crippen LogP contribution in [0.3, 0.4) is 0 Å². The second-order valence-corrected chi connectivity index (χ2v) is 5.67. The van der Waals surface area contributed by atoms with Gasteiger partial charge in [0, 0.05) is 12.4 Å². The smallest absolute Gasteiger partial charge is 0.205 e. The van der Waals surface area contributed by atoms with Gasteiger partial charge in [-0.25, -0.2) is 4.98 Å². The quantitative estimate of drug-likeness (QED) is 0.883. The van der Waals surface area contributed by atoms with Crippen molar-refractivity contribution in [2.45, 2.75) is 20.4 Å². The normalized spacial score (nSPS) is 11.1. The van der Waals surface area contributed by atoms with E-state index in [1.165, 1.54) is 11.3 Å². The minimum absolute atomic E-state index is 0.822. The average molecular weight is 283 g/mol. The van der Waals surface area contributed by atoms with Crippen LogP contribution in [0.1, 0.15) is 18.9 Å². The molecule has 0 aliphatic heterocycles. The Morgan fingerprint density at radius 3 is 2.67 bits per heavy atom. The van der Waals surface area contributed by atoms with E-state index in [1.54, 1.807) is 11.3 Å². The molecule has 0 saturated carbocycles. The largest absolute Gasteiger partial charge is 0.363 e. The molecule has 0 atom stereocenters. The number of hydrogen-bond donors (Lipinski definition) is 1. The van der Waals surface area contributed by atoms with Gasteiger partial charge in [-0.15, -0.1) is 21.5 Å². The molecule has 0 saturated heterocycles. The van der Waals surface area contributed by atoms with Gasteiger partial charge in [0.25, 0.3) is 0 Å². The minimum Gasteiger partial charge on any atom is -0.363 e. The number of thiazole rings is 1. The predicted molar refractivity (Wildman–Crippen MR) is 77.2 cm³/mol. The van der Waals surface area contributed by atoms with Crippen LogP contribution in [0, 0.1) is 0 Å². The van der Waals surface area contributed by atoms with E-state index >= 15 is 0 Å². The zero-order valence-corrected chi connectivity index (χ0v) is 12.4. The van der Waals surface area contributed by atoms with Gasteiger partial charge in [0.15, 0.2) is 5.01 Å². The van der Waals surface area contributed by atoms with Crippen molar-refractivity contribution in [3.05, 3.63) is 10.4 Å². The van der Waals surface area contributed by atoms with Crippen molar-refractivity contribution in [1.82, 2.24) is 20.1 Å². The highest BCUT2D eigenvalue weighted by molar-refractivity contribution is 7.18. The maximum Gasteiger partial charge on any atom is 0.205 e. The zero-order valence-electron chi connectivity index (χ0n) is 10.8. The Balaban J connectivity index is 2.10. The number of anilines is 1. The Kier molecular flexibility index (Phi) is 4.62. The molecule has 2 rings (SSSR count). The number of nitrogens with zero attached hydrogens (tertiary/aromatic N) is 4. The standard InChI is InChI=1S/C11H17N5S2/c1-4-16(5-2)6-9-13-8(7-17-9)10-14-15-11(12-3)18-10/h7H,4-6H2,1-3H3,(H,12,15). The number of nitrogens with one attached hydrogen (secondary N) is 1. The lowest BCUT2D eigenvalue weighted by atomic mass is 10.5. The topological polar surface area (TPSA) is 53.9 Å². The molecule has 7 heteroatoms. The van der Waals surface area contributed by atoms with Crippen molar-refractivity contribution in [3.63, 3.8) is 0 Å². The molecule has 0 bridgehead atoms. The van der Waals surface area contributed by atoms with Crippen molar-refractivity contribution in [3.8, 4) is 10.7 Å². The van der Waals surface area contributed by atoms with E-state index < -0.39 is 0 Å². The summed E-state index contributed by atoms with van der Waals surface area (Å²) in [6.45, 7) is 7.35. The zero-order chi connectivity index (χ0) is 13.0. The number of rotatable bonds is 6. The monoisotopic (exact) mass is 283 g/mol. The van der Waals surface area contributed by atoms with Crippen LogP contribution in [-0.2, 0) is 6.54 Å². The van der Waals surface area contributed by atoms with E-state index in [0.717, 1.165) is 40.5 Å². The summed E-state index contributed by atoms with van der Waals surface area (Å²) < 4.78 is 0. The van der Waals surface area contributed by atoms with E-state index in [0.29, 0.717) is 0 Å². The maximum atomic E-state index is 4.62. The van der Waals surface area contributed by atoms with Crippen molar-refractivity contribution in [2.24, 2.45) is 0 Å². The second kappa shape index (κ2) is 6.21. The average Bonchev–Trinajstić information content (AvgIpc) is 3.04. The molecule has 0 aromatic carbocycles. The molecule has 98 valence electrons. The van der Waals surface area contributed by atoms with Crippen LogP contribution in [-0.4, -0.2) is 40.2 Å². The summed E-state index contributed by atoms with van der Waals surface area (Å²) >= 11 is 3.21. The Bertz CT molecular complexity index is 489. The van der Waals surface area contributed by atoms with E-state index in [-0.39, 0.29) is 0 Å². The second-order valence-electron chi connectivity index (χ2n) is 3.75. The molecule has 18 heavy (non-hydrogen) atoms. The molecule has 0 aliphatic rings. The van der Waals surface area contributed by atoms with Crippen LogP contribution in [0.5, 0.6) is 0 Å². The molecule has 0 aliphatic carbocycles. The Hall–Kier alpha value is -1.05. The number of hydrogen-bond acceptors (Lipinski definition) is 7. The molecular formula is C11H17N5S2. The molecule has 0 amide bonds. The van der Waals surface area contributed by atoms with Crippen molar-refractivity contribution < 1.29 is 0 Å². The first-order valence-electron chi connectivity index (χ1n) is 5.95.